The minimum absolute atomic E-state index is 0.105. The van der Waals surface area contributed by atoms with Crippen molar-refractivity contribution in [2.24, 2.45) is 0 Å². The zero-order chi connectivity index (χ0) is 12.3. The van der Waals surface area contributed by atoms with Crippen LogP contribution < -0.4 is 10.4 Å². The van der Waals surface area contributed by atoms with Gasteiger partial charge in [0, 0.05) is 11.8 Å². The van der Waals surface area contributed by atoms with Crippen LogP contribution in [-0.2, 0) is 14.3 Å². The molecule has 1 fully saturated rings. The third-order valence-electron chi connectivity index (χ3n) is 2.35. The Kier molecular flexibility index (Phi) is 3.09. The van der Waals surface area contributed by atoms with Crippen LogP contribution in [0.4, 0.5) is 5.69 Å². The van der Waals surface area contributed by atoms with Crippen molar-refractivity contribution in [3.8, 4) is 0 Å². The van der Waals surface area contributed by atoms with E-state index >= 15 is 0 Å². The summed E-state index contributed by atoms with van der Waals surface area (Å²) in [6.07, 6.45) is 1.45. The highest BCUT2D eigenvalue weighted by molar-refractivity contribution is 5.98. The number of methoxy groups -OCH3 is 1. The van der Waals surface area contributed by atoms with Crippen LogP contribution in [0.25, 0.3) is 0 Å². The van der Waals surface area contributed by atoms with Crippen LogP contribution in [0.1, 0.15) is 6.42 Å². The molecule has 5 nitrogen and oxygen atoms in total. The summed E-state index contributed by atoms with van der Waals surface area (Å²) in [5.41, 5.74) is 4.14. The predicted molar refractivity (Wildman–Crippen MR) is 61.8 cm³/mol. The molecule has 1 aromatic carbocycles. The summed E-state index contributed by atoms with van der Waals surface area (Å²) in [5.74, 6) is -0.582. The molecule has 0 spiro atoms. The molecule has 5 heteroatoms. The number of benzene rings is 1. The number of carbonyl (C=O) groups is 2. The van der Waals surface area contributed by atoms with E-state index in [1.165, 1.54) is 18.2 Å². The topological polar surface area (TPSA) is 58.6 Å². The Bertz CT molecular complexity index is 468. The van der Waals surface area contributed by atoms with Gasteiger partial charge in [-0.05, 0) is 12.1 Å². The van der Waals surface area contributed by atoms with Crippen LogP contribution in [0.2, 0.25) is 0 Å². The molecule has 1 aromatic rings. The minimum atomic E-state index is -0.477. The monoisotopic (exact) mass is 232 g/mol. The molecule has 0 saturated carbocycles. The smallest absolute Gasteiger partial charge is 0.332 e. The van der Waals surface area contributed by atoms with Crippen molar-refractivity contribution in [2.75, 3.05) is 12.1 Å². The Morgan fingerprint density at radius 2 is 2.12 bits per heavy atom. The second-order valence-electron chi connectivity index (χ2n) is 3.55. The number of esters is 1. The highest BCUT2D eigenvalue weighted by atomic mass is 16.5. The zero-order valence-corrected chi connectivity index (χ0v) is 9.34. The molecular formula is C12H12N2O3. The molecular weight excluding hydrogens is 220 g/mol. The van der Waals surface area contributed by atoms with Crippen LogP contribution >= 0.6 is 0 Å². The SMILES string of the molecule is COC(=O)C=C1CC(=O)N(c2ccccc2)N1. The van der Waals surface area contributed by atoms with Crippen molar-refractivity contribution in [1.82, 2.24) is 5.43 Å². The molecule has 0 atom stereocenters. The Hall–Kier alpha value is -2.30. The van der Waals surface area contributed by atoms with E-state index in [1.54, 1.807) is 0 Å². The molecule has 1 heterocycles. The number of para-hydroxylation sites is 1. The third kappa shape index (κ3) is 2.44. The van der Waals surface area contributed by atoms with Gasteiger partial charge in [-0.15, -0.1) is 0 Å². The Morgan fingerprint density at radius 1 is 1.41 bits per heavy atom. The van der Waals surface area contributed by atoms with Gasteiger partial charge in [0.2, 0.25) is 0 Å². The van der Waals surface area contributed by atoms with Crippen molar-refractivity contribution >= 4 is 17.6 Å². The van der Waals surface area contributed by atoms with Gasteiger partial charge in [-0.25, -0.2) is 9.80 Å². The minimum Gasteiger partial charge on any atom is -0.466 e. The van der Waals surface area contributed by atoms with Gasteiger partial charge < -0.3 is 4.74 Å². The third-order valence-corrected chi connectivity index (χ3v) is 2.35. The molecule has 2 rings (SSSR count). The summed E-state index contributed by atoms with van der Waals surface area (Å²) in [6, 6.07) is 9.17. The van der Waals surface area contributed by atoms with Crippen LogP contribution in [0.5, 0.6) is 0 Å². The first-order valence-electron chi connectivity index (χ1n) is 5.14. The van der Waals surface area contributed by atoms with E-state index in [0.717, 1.165) is 5.69 Å². The molecule has 0 aliphatic carbocycles. The number of nitrogens with one attached hydrogen (secondary N) is 1. The lowest BCUT2D eigenvalue weighted by Crippen LogP contribution is -2.33. The normalized spacial score (nSPS) is 17.1. The zero-order valence-electron chi connectivity index (χ0n) is 9.34. The molecule has 1 saturated heterocycles. The van der Waals surface area contributed by atoms with Crippen molar-refractivity contribution in [2.45, 2.75) is 6.42 Å². The summed E-state index contributed by atoms with van der Waals surface area (Å²) >= 11 is 0. The van der Waals surface area contributed by atoms with Crippen LogP contribution in [0.15, 0.2) is 42.1 Å². The average molecular weight is 232 g/mol. The summed E-state index contributed by atoms with van der Waals surface area (Å²) in [7, 11) is 1.30. The molecule has 0 unspecified atom stereocenters. The summed E-state index contributed by atoms with van der Waals surface area (Å²) in [4.78, 5) is 22.8. The number of nitrogens with zero attached hydrogens (tertiary/aromatic N) is 1. The molecule has 0 radical (unpaired) electrons. The van der Waals surface area contributed by atoms with E-state index < -0.39 is 5.97 Å². The first-order chi connectivity index (χ1) is 8.20. The highest BCUT2D eigenvalue weighted by Gasteiger charge is 2.25. The number of carbonyl (C=O) groups excluding carboxylic acids is 2. The number of hydrogen-bond donors (Lipinski definition) is 1. The van der Waals surface area contributed by atoms with Gasteiger partial charge in [0.15, 0.2) is 0 Å². The molecule has 17 heavy (non-hydrogen) atoms. The fraction of sp³-hybridized carbons (Fsp3) is 0.167. The maximum absolute atomic E-state index is 11.7. The van der Waals surface area contributed by atoms with Gasteiger partial charge in [-0.1, -0.05) is 18.2 Å². The number of ether oxygens (including phenoxy) is 1. The van der Waals surface area contributed by atoms with E-state index in [2.05, 4.69) is 10.2 Å². The van der Waals surface area contributed by atoms with Gasteiger partial charge in [-0.2, -0.15) is 0 Å². The largest absolute Gasteiger partial charge is 0.466 e. The Morgan fingerprint density at radius 3 is 2.76 bits per heavy atom. The fourth-order valence-corrected chi connectivity index (χ4v) is 1.56. The lowest BCUT2D eigenvalue weighted by molar-refractivity contribution is -0.134. The van der Waals surface area contributed by atoms with Gasteiger partial charge in [0.25, 0.3) is 5.91 Å². The number of anilines is 1. The molecule has 0 aromatic heterocycles. The molecule has 1 amide bonds. The molecule has 1 aliphatic rings. The van der Waals surface area contributed by atoms with Crippen LogP contribution in [0, 0.1) is 0 Å². The Labute approximate surface area is 98.6 Å². The molecule has 1 N–H and O–H groups in total. The standard InChI is InChI=1S/C12H12N2O3/c1-17-12(16)8-9-7-11(15)14(13-9)10-5-3-2-4-6-10/h2-6,8,13H,7H2,1H3. The van der Waals surface area contributed by atoms with Gasteiger partial charge >= 0.3 is 5.97 Å². The maximum atomic E-state index is 11.7. The number of hydrazine groups is 1. The first-order valence-corrected chi connectivity index (χ1v) is 5.14. The lowest BCUT2D eigenvalue weighted by Gasteiger charge is -2.15. The number of rotatable bonds is 2. The van der Waals surface area contributed by atoms with E-state index in [4.69, 9.17) is 0 Å². The van der Waals surface area contributed by atoms with Crippen LogP contribution in [0.3, 0.4) is 0 Å². The van der Waals surface area contributed by atoms with E-state index in [0.29, 0.717) is 5.70 Å². The Balaban J connectivity index is 2.16. The van der Waals surface area contributed by atoms with E-state index in [1.807, 2.05) is 30.3 Å². The predicted octanol–water partition coefficient (Wildman–Crippen LogP) is 0.985. The van der Waals surface area contributed by atoms with Crippen LogP contribution in [-0.4, -0.2) is 19.0 Å². The number of amides is 1. The van der Waals surface area contributed by atoms with Gasteiger partial charge in [0.05, 0.1) is 19.2 Å². The molecule has 0 bridgehead atoms. The fourth-order valence-electron chi connectivity index (χ4n) is 1.56. The second kappa shape index (κ2) is 4.69. The maximum Gasteiger partial charge on any atom is 0.332 e. The first kappa shape index (κ1) is 11.2. The highest BCUT2D eigenvalue weighted by Crippen LogP contribution is 2.19. The molecule has 88 valence electrons. The van der Waals surface area contributed by atoms with Crippen molar-refractivity contribution in [3.05, 3.63) is 42.1 Å². The summed E-state index contributed by atoms with van der Waals surface area (Å²) in [6.45, 7) is 0. The van der Waals surface area contributed by atoms with E-state index in [-0.39, 0.29) is 12.3 Å². The van der Waals surface area contributed by atoms with E-state index in [9.17, 15) is 9.59 Å². The van der Waals surface area contributed by atoms with Crippen molar-refractivity contribution in [1.29, 1.82) is 0 Å². The second-order valence-corrected chi connectivity index (χ2v) is 3.55. The van der Waals surface area contributed by atoms with Gasteiger partial charge in [-0.3, -0.25) is 10.2 Å². The van der Waals surface area contributed by atoms with Crippen molar-refractivity contribution < 1.29 is 14.3 Å². The summed E-state index contributed by atoms with van der Waals surface area (Å²) in [5, 5.41) is 1.41. The average Bonchev–Trinajstić information content (AvgIpc) is 2.71. The molecule has 1 aliphatic heterocycles. The van der Waals surface area contributed by atoms with Gasteiger partial charge in [0.1, 0.15) is 0 Å². The van der Waals surface area contributed by atoms with Crippen molar-refractivity contribution in [3.63, 3.8) is 0 Å². The quantitative estimate of drug-likeness (QED) is 0.610. The number of hydrogen-bond acceptors (Lipinski definition) is 4. The lowest BCUT2D eigenvalue weighted by atomic mass is 10.3. The summed E-state index contributed by atoms with van der Waals surface area (Å²) < 4.78 is 4.50.